The molecule has 1 fully saturated rings. The third-order valence-electron chi connectivity index (χ3n) is 2.80. The van der Waals surface area contributed by atoms with Crippen LogP contribution in [-0.2, 0) is 4.74 Å². The highest BCUT2D eigenvalue weighted by atomic mass is 16.5. The molecule has 1 aromatic rings. The molecule has 0 spiro atoms. The summed E-state index contributed by atoms with van der Waals surface area (Å²) in [7, 11) is 0. The Hall–Kier alpha value is -0.870. The second-order valence-corrected chi connectivity index (χ2v) is 4.38. The van der Waals surface area contributed by atoms with Crippen LogP contribution in [0.15, 0.2) is 12.5 Å². The van der Waals surface area contributed by atoms with Crippen molar-refractivity contribution in [2.45, 2.75) is 44.9 Å². The quantitative estimate of drug-likeness (QED) is 0.807. The number of ether oxygens (including phenoxy) is 1. The van der Waals surface area contributed by atoms with Gasteiger partial charge in [0, 0.05) is 25.3 Å². The monoisotopic (exact) mass is 210 g/mol. The molecule has 1 aliphatic rings. The van der Waals surface area contributed by atoms with Gasteiger partial charge in [0.05, 0.1) is 18.1 Å². The van der Waals surface area contributed by atoms with Gasteiger partial charge in [-0.3, -0.25) is 0 Å². The first kappa shape index (κ1) is 10.6. The van der Waals surface area contributed by atoms with Crippen LogP contribution >= 0.6 is 0 Å². The zero-order chi connectivity index (χ0) is 10.8. The van der Waals surface area contributed by atoms with E-state index in [1.165, 1.54) is 0 Å². The van der Waals surface area contributed by atoms with Crippen LogP contribution in [0.2, 0.25) is 0 Å². The number of aliphatic hydroxyl groups is 1. The summed E-state index contributed by atoms with van der Waals surface area (Å²) in [6, 6.07) is 0.416. The van der Waals surface area contributed by atoms with Crippen LogP contribution in [-0.4, -0.2) is 27.4 Å². The molecule has 0 aromatic carbocycles. The fourth-order valence-electron chi connectivity index (χ4n) is 1.79. The van der Waals surface area contributed by atoms with Crippen molar-refractivity contribution in [3.8, 4) is 0 Å². The van der Waals surface area contributed by atoms with E-state index in [2.05, 4.69) is 23.4 Å². The maximum atomic E-state index is 9.54. The van der Waals surface area contributed by atoms with Gasteiger partial charge in [-0.25, -0.2) is 4.98 Å². The second-order valence-electron chi connectivity index (χ2n) is 4.38. The molecular formula is C11H18N2O2. The summed E-state index contributed by atoms with van der Waals surface area (Å²) in [5, 5.41) is 9.54. The number of nitrogens with zero attached hydrogens (tertiary/aromatic N) is 2. The van der Waals surface area contributed by atoms with Crippen LogP contribution in [0.5, 0.6) is 0 Å². The third-order valence-corrected chi connectivity index (χ3v) is 2.80. The molecule has 0 radical (unpaired) electrons. The van der Waals surface area contributed by atoms with Crippen molar-refractivity contribution >= 4 is 0 Å². The lowest BCUT2D eigenvalue weighted by molar-refractivity contribution is -0.0465. The van der Waals surface area contributed by atoms with E-state index in [1.807, 2.05) is 12.5 Å². The number of hydrogen-bond donors (Lipinski definition) is 1. The summed E-state index contributed by atoms with van der Waals surface area (Å²) in [6.07, 6.45) is 4.95. The molecule has 1 aromatic heterocycles. The molecule has 0 bridgehead atoms. The Morgan fingerprint density at radius 1 is 1.60 bits per heavy atom. The summed E-state index contributed by atoms with van der Waals surface area (Å²) in [6.45, 7) is 4.85. The van der Waals surface area contributed by atoms with Gasteiger partial charge in [-0.05, 0) is 20.3 Å². The van der Waals surface area contributed by atoms with Gasteiger partial charge < -0.3 is 14.4 Å². The van der Waals surface area contributed by atoms with E-state index in [0.717, 1.165) is 12.1 Å². The first-order valence-electron chi connectivity index (χ1n) is 5.50. The summed E-state index contributed by atoms with van der Waals surface area (Å²) in [5.41, 5.74) is 0.933. The van der Waals surface area contributed by atoms with E-state index >= 15 is 0 Å². The molecule has 15 heavy (non-hydrogen) atoms. The van der Waals surface area contributed by atoms with Gasteiger partial charge in [0.15, 0.2) is 0 Å². The minimum atomic E-state index is -0.243. The molecule has 84 valence electrons. The van der Waals surface area contributed by atoms with Crippen LogP contribution in [0.1, 0.15) is 44.5 Å². The van der Waals surface area contributed by atoms with E-state index in [1.54, 1.807) is 0 Å². The minimum absolute atomic E-state index is 0.0336. The number of rotatable bonds is 2. The first-order valence-corrected chi connectivity index (χ1v) is 5.50. The summed E-state index contributed by atoms with van der Waals surface area (Å²) in [5.74, 6) is 0. The third kappa shape index (κ3) is 2.38. The van der Waals surface area contributed by atoms with Crippen molar-refractivity contribution in [3.63, 3.8) is 0 Å². The fraction of sp³-hybridized carbons (Fsp3) is 0.727. The van der Waals surface area contributed by atoms with Crippen molar-refractivity contribution in [2.24, 2.45) is 0 Å². The average molecular weight is 210 g/mol. The van der Waals surface area contributed by atoms with Gasteiger partial charge in [0.1, 0.15) is 6.10 Å². The van der Waals surface area contributed by atoms with E-state index in [9.17, 15) is 5.11 Å². The molecule has 2 rings (SSSR count). The van der Waals surface area contributed by atoms with Crippen molar-refractivity contribution in [2.75, 3.05) is 6.61 Å². The highest BCUT2D eigenvalue weighted by Crippen LogP contribution is 2.27. The average Bonchev–Trinajstić information content (AvgIpc) is 2.66. The summed E-state index contributed by atoms with van der Waals surface area (Å²) >= 11 is 0. The Bertz CT molecular complexity index is 322. The maximum Gasteiger partial charge on any atom is 0.103 e. The molecule has 1 saturated heterocycles. The molecule has 1 N–H and O–H groups in total. The SMILES string of the molecule is CC(C)n1cnc(C2CC(O)CCO2)c1. The molecular weight excluding hydrogens is 192 g/mol. The van der Waals surface area contributed by atoms with Crippen molar-refractivity contribution in [1.29, 1.82) is 0 Å². The standard InChI is InChI=1S/C11H18N2O2/c1-8(2)13-6-10(12-7-13)11-5-9(14)3-4-15-11/h6-9,11,14H,3-5H2,1-2H3. The van der Waals surface area contributed by atoms with Crippen LogP contribution < -0.4 is 0 Å². The predicted molar refractivity (Wildman–Crippen MR) is 56.5 cm³/mol. The molecule has 4 heteroatoms. The highest BCUT2D eigenvalue weighted by molar-refractivity contribution is 5.03. The summed E-state index contributed by atoms with van der Waals surface area (Å²) < 4.78 is 7.65. The van der Waals surface area contributed by atoms with Gasteiger partial charge in [-0.15, -0.1) is 0 Å². The predicted octanol–water partition coefficient (Wildman–Crippen LogP) is 1.68. The van der Waals surface area contributed by atoms with Crippen LogP contribution in [0.3, 0.4) is 0 Å². The van der Waals surface area contributed by atoms with Gasteiger partial charge >= 0.3 is 0 Å². The molecule has 2 unspecified atom stereocenters. The van der Waals surface area contributed by atoms with E-state index < -0.39 is 0 Å². The maximum absolute atomic E-state index is 9.54. The van der Waals surface area contributed by atoms with Gasteiger partial charge in [-0.1, -0.05) is 0 Å². The van der Waals surface area contributed by atoms with E-state index in [4.69, 9.17) is 4.74 Å². The molecule has 0 aliphatic carbocycles. The lowest BCUT2D eigenvalue weighted by Crippen LogP contribution is -2.23. The Morgan fingerprint density at radius 2 is 2.40 bits per heavy atom. The fourth-order valence-corrected chi connectivity index (χ4v) is 1.79. The largest absolute Gasteiger partial charge is 0.393 e. The van der Waals surface area contributed by atoms with E-state index in [-0.39, 0.29) is 12.2 Å². The van der Waals surface area contributed by atoms with Gasteiger partial charge in [0.2, 0.25) is 0 Å². The molecule has 2 heterocycles. The number of aliphatic hydroxyl groups excluding tert-OH is 1. The van der Waals surface area contributed by atoms with Gasteiger partial charge in [-0.2, -0.15) is 0 Å². The number of hydrogen-bond acceptors (Lipinski definition) is 3. The van der Waals surface area contributed by atoms with Gasteiger partial charge in [0.25, 0.3) is 0 Å². The minimum Gasteiger partial charge on any atom is -0.393 e. The van der Waals surface area contributed by atoms with Crippen LogP contribution in [0, 0.1) is 0 Å². The number of imidazole rings is 1. The van der Waals surface area contributed by atoms with Crippen LogP contribution in [0.4, 0.5) is 0 Å². The second kappa shape index (κ2) is 4.33. The smallest absolute Gasteiger partial charge is 0.103 e. The van der Waals surface area contributed by atoms with Crippen molar-refractivity contribution in [3.05, 3.63) is 18.2 Å². The van der Waals surface area contributed by atoms with Crippen molar-refractivity contribution < 1.29 is 9.84 Å². The van der Waals surface area contributed by atoms with E-state index in [0.29, 0.717) is 19.1 Å². The van der Waals surface area contributed by atoms with Crippen LogP contribution in [0.25, 0.3) is 0 Å². The Labute approximate surface area is 89.9 Å². The Kier molecular flexibility index (Phi) is 3.07. The van der Waals surface area contributed by atoms with Crippen molar-refractivity contribution in [1.82, 2.24) is 9.55 Å². The Morgan fingerprint density at radius 3 is 3.00 bits per heavy atom. The lowest BCUT2D eigenvalue weighted by Gasteiger charge is -2.25. The molecule has 2 atom stereocenters. The first-order chi connectivity index (χ1) is 7.16. The summed E-state index contributed by atoms with van der Waals surface area (Å²) in [4.78, 5) is 4.32. The number of aromatic nitrogens is 2. The molecule has 0 amide bonds. The Balaban J connectivity index is 2.08. The topological polar surface area (TPSA) is 47.3 Å². The zero-order valence-electron chi connectivity index (χ0n) is 9.26. The molecule has 1 aliphatic heterocycles. The highest BCUT2D eigenvalue weighted by Gasteiger charge is 2.24. The molecule has 4 nitrogen and oxygen atoms in total. The normalized spacial score (nSPS) is 27.2. The zero-order valence-corrected chi connectivity index (χ0v) is 9.26. The molecule has 0 saturated carbocycles. The lowest BCUT2D eigenvalue weighted by atomic mass is 10.0.